The van der Waals surface area contributed by atoms with Crippen molar-refractivity contribution in [2.75, 3.05) is 5.32 Å². The van der Waals surface area contributed by atoms with Crippen molar-refractivity contribution in [1.82, 2.24) is 19.4 Å². The maximum Gasteiger partial charge on any atom is 0.490 e. The van der Waals surface area contributed by atoms with Crippen LogP contribution in [-0.4, -0.2) is 53.8 Å². The van der Waals surface area contributed by atoms with Crippen LogP contribution in [0.2, 0.25) is 0 Å². The van der Waals surface area contributed by atoms with E-state index in [1.807, 2.05) is 0 Å². The van der Waals surface area contributed by atoms with Gasteiger partial charge < -0.3 is 20.3 Å². The van der Waals surface area contributed by atoms with E-state index in [1.165, 1.54) is 22.7 Å². The van der Waals surface area contributed by atoms with Crippen molar-refractivity contribution >= 4 is 23.3 Å². The first kappa shape index (κ1) is 30.9. The molecular weight excluding hydrogens is 602 g/mol. The molecule has 4 aromatic rings. The summed E-state index contributed by atoms with van der Waals surface area (Å²) < 4.78 is 108. The van der Waals surface area contributed by atoms with Gasteiger partial charge in [-0.2, -0.15) is 31.3 Å². The molecule has 0 bridgehead atoms. The van der Waals surface area contributed by atoms with Crippen LogP contribution in [0, 0.1) is 18.6 Å². The molecule has 228 valence electrons. The molecule has 0 fully saturated rings. The number of anilines is 1. The molecule has 5 rings (SSSR count). The van der Waals surface area contributed by atoms with E-state index < -0.39 is 65.1 Å². The number of aromatic hydroxyl groups is 1. The molecule has 10 nitrogen and oxygen atoms in total. The number of aromatic nitrogens is 4. The lowest BCUT2D eigenvalue weighted by Gasteiger charge is -2.25. The van der Waals surface area contributed by atoms with E-state index in [9.17, 15) is 45.0 Å². The number of benzene rings is 1. The number of carbonyl (C=O) groups excluding carboxylic acids is 1. The first-order valence-corrected chi connectivity index (χ1v) is 11.7. The molecular formula is C25H17F8N5O5. The number of hydrogen-bond acceptors (Lipinski definition) is 7. The average Bonchev–Trinajstić information content (AvgIpc) is 3.37. The zero-order valence-corrected chi connectivity index (χ0v) is 21.6. The summed E-state index contributed by atoms with van der Waals surface area (Å²) >= 11 is 0. The standard InChI is InChI=1S/C23H16F5N5O3.C2HF3O2/c1-10-16(18-30-17-15(20(34)31-18)22(2,21(35)32-17)23(26,27)28)33-8-4-7-14(19(33)29-10)36-9-11-12(24)5-3-6-13(11)25;3-2(4,5)1(6)7/h3-8H,9H2,1-2H3,(H2,30,31,32,34,35);(H,6,7). The minimum absolute atomic E-state index is 0.151. The Hall–Kier alpha value is -5.03. The largest absolute Gasteiger partial charge is 0.493 e. The Bertz CT molecular complexity index is 1730. The normalized spacial score (nSPS) is 16.4. The Morgan fingerprint density at radius 3 is 2.21 bits per heavy atom. The molecule has 3 N–H and O–H groups in total. The van der Waals surface area contributed by atoms with Crippen LogP contribution in [-0.2, 0) is 21.6 Å². The number of carboxylic acids is 1. The number of aryl methyl sites for hydroxylation is 1. The van der Waals surface area contributed by atoms with Crippen molar-refractivity contribution in [2.45, 2.75) is 38.2 Å². The predicted molar refractivity (Wildman–Crippen MR) is 129 cm³/mol. The van der Waals surface area contributed by atoms with E-state index in [1.54, 1.807) is 13.0 Å². The fourth-order valence-electron chi connectivity index (χ4n) is 4.08. The highest BCUT2D eigenvalue weighted by molar-refractivity contribution is 6.06. The van der Waals surface area contributed by atoms with E-state index in [0.717, 1.165) is 12.1 Å². The van der Waals surface area contributed by atoms with Crippen molar-refractivity contribution in [3.63, 3.8) is 0 Å². The van der Waals surface area contributed by atoms with Gasteiger partial charge in [-0.1, -0.05) is 6.07 Å². The molecule has 1 atom stereocenters. The maximum absolute atomic E-state index is 14.0. The number of hydrogen-bond donors (Lipinski definition) is 3. The smallest absolute Gasteiger partial charge is 0.490 e. The SMILES string of the molecule is Cc1nc2c(OCc3c(F)cccc3F)cccn2c1-c1nc(O)c2c(n1)NC(=O)C2(C)C(F)(F)F.O=C(O)C(F)(F)F. The average molecular weight is 619 g/mol. The summed E-state index contributed by atoms with van der Waals surface area (Å²) in [6.45, 7) is 1.77. The van der Waals surface area contributed by atoms with Gasteiger partial charge in [-0.3, -0.25) is 9.20 Å². The highest BCUT2D eigenvalue weighted by Crippen LogP contribution is 2.51. The zero-order chi connectivity index (χ0) is 32.1. The summed E-state index contributed by atoms with van der Waals surface area (Å²) in [5.74, 6) is -7.25. The summed E-state index contributed by atoms with van der Waals surface area (Å²) in [6, 6.07) is 6.48. The Labute approximate surface area is 234 Å². The number of halogens is 8. The number of pyridine rings is 1. The summed E-state index contributed by atoms with van der Waals surface area (Å²) in [4.78, 5) is 33.4. The molecule has 0 saturated heterocycles. The van der Waals surface area contributed by atoms with Crippen LogP contribution in [0.25, 0.3) is 17.2 Å². The predicted octanol–water partition coefficient (Wildman–Crippen LogP) is 5.07. The fourth-order valence-corrected chi connectivity index (χ4v) is 4.08. The molecule has 1 aromatic carbocycles. The number of alkyl halides is 6. The minimum atomic E-state index is -5.08. The number of aliphatic carboxylic acids is 1. The monoisotopic (exact) mass is 619 g/mol. The second-order valence-corrected chi connectivity index (χ2v) is 9.07. The molecule has 1 aliphatic heterocycles. The molecule has 4 heterocycles. The molecule has 1 unspecified atom stereocenters. The number of imidazole rings is 1. The lowest BCUT2D eigenvalue weighted by atomic mass is 9.84. The molecule has 18 heteroatoms. The molecule has 1 aliphatic rings. The summed E-state index contributed by atoms with van der Waals surface area (Å²) in [5, 5.41) is 19.6. The molecule has 0 saturated carbocycles. The van der Waals surface area contributed by atoms with Gasteiger partial charge in [0.05, 0.1) is 16.8 Å². The highest BCUT2D eigenvalue weighted by atomic mass is 19.4. The molecule has 43 heavy (non-hydrogen) atoms. The number of carboxylic acid groups (broad SMARTS) is 1. The third-order valence-electron chi connectivity index (χ3n) is 6.32. The highest BCUT2D eigenvalue weighted by Gasteiger charge is 2.64. The maximum atomic E-state index is 14.0. The number of ether oxygens (including phenoxy) is 1. The fraction of sp³-hybridized carbons (Fsp3) is 0.240. The number of carbonyl (C=O) groups is 2. The van der Waals surface area contributed by atoms with Gasteiger partial charge in [0.2, 0.25) is 11.8 Å². The molecule has 0 aliphatic carbocycles. The van der Waals surface area contributed by atoms with Crippen LogP contribution in [0.3, 0.4) is 0 Å². The van der Waals surface area contributed by atoms with Gasteiger partial charge in [0, 0.05) is 6.20 Å². The topological polar surface area (TPSA) is 139 Å². The van der Waals surface area contributed by atoms with Gasteiger partial charge in [-0.05, 0) is 38.1 Å². The van der Waals surface area contributed by atoms with Gasteiger partial charge in [-0.15, -0.1) is 0 Å². The third kappa shape index (κ3) is 5.46. The van der Waals surface area contributed by atoms with E-state index in [-0.39, 0.29) is 28.5 Å². The second-order valence-electron chi connectivity index (χ2n) is 9.07. The molecule has 0 spiro atoms. The number of fused-ring (bicyclic) bond motifs is 2. The summed E-state index contributed by atoms with van der Waals surface area (Å²) in [7, 11) is 0. The van der Waals surface area contributed by atoms with Gasteiger partial charge in [0.15, 0.2) is 22.6 Å². The van der Waals surface area contributed by atoms with Crippen molar-refractivity contribution in [3.05, 3.63) is 65.0 Å². The number of amides is 1. The van der Waals surface area contributed by atoms with Crippen molar-refractivity contribution in [1.29, 1.82) is 0 Å². The van der Waals surface area contributed by atoms with Crippen LogP contribution < -0.4 is 10.1 Å². The van der Waals surface area contributed by atoms with Gasteiger partial charge >= 0.3 is 18.3 Å². The van der Waals surface area contributed by atoms with E-state index in [4.69, 9.17) is 14.6 Å². The molecule has 1 amide bonds. The first-order valence-electron chi connectivity index (χ1n) is 11.7. The lowest BCUT2D eigenvalue weighted by molar-refractivity contribution is -0.192. The summed E-state index contributed by atoms with van der Waals surface area (Å²) in [6.07, 6.45) is -8.55. The first-order chi connectivity index (χ1) is 19.9. The quantitative estimate of drug-likeness (QED) is 0.269. The number of rotatable bonds is 4. The van der Waals surface area contributed by atoms with Crippen LogP contribution in [0.15, 0.2) is 36.5 Å². The Morgan fingerprint density at radius 1 is 1.05 bits per heavy atom. The Kier molecular flexibility index (Phi) is 7.67. The third-order valence-corrected chi connectivity index (χ3v) is 6.32. The minimum Gasteiger partial charge on any atom is -0.493 e. The Balaban J connectivity index is 0.000000541. The van der Waals surface area contributed by atoms with Crippen molar-refractivity contribution in [3.8, 4) is 23.1 Å². The van der Waals surface area contributed by atoms with Gasteiger partial charge in [-0.25, -0.2) is 23.5 Å². The van der Waals surface area contributed by atoms with E-state index in [0.29, 0.717) is 12.6 Å². The van der Waals surface area contributed by atoms with Gasteiger partial charge in [0.25, 0.3) is 0 Å². The zero-order valence-electron chi connectivity index (χ0n) is 21.6. The van der Waals surface area contributed by atoms with Crippen LogP contribution >= 0.6 is 0 Å². The summed E-state index contributed by atoms with van der Waals surface area (Å²) in [5.41, 5.74) is -3.37. The van der Waals surface area contributed by atoms with Crippen molar-refractivity contribution < 1.29 is 59.7 Å². The second kappa shape index (κ2) is 10.7. The van der Waals surface area contributed by atoms with Crippen LogP contribution in [0.1, 0.15) is 23.7 Å². The lowest BCUT2D eigenvalue weighted by Crippen LogP contribution is -2.45. The van der Waals surface area contributed by atoms with Gasteiger partial charge in [0.1, 0.15) is 29.8 Å². The van der Waals surface area contributed by atoms with Crippen LogP contribution in [0.5, 0.6) is 11.6 Å². The molecule has 3 aromatic heterocycles. The van der Waals surface area contributed by atoms with Crippen LogP contribution in [0.4, 0.5) is 40.9 Å². The van der Waals surface area contributed by atoms with E-state index in [2.05, 4.69) is 20.3 Å². The Morgan fingerprint density at radius 2 is 1.65 bits per heavy atom. The number of nitrogens with zero attached hydrogens (tertiary/aromatic N) is 4. The van der Waals surface area contributed by atoms with Crippen molar-refractivity contribution in [2.24, 2.45) is 0 Å². The van der Waals surface area contributed by atoms with E-state index >= 15 is 0 Å². The molecule has 0 radical (unpaired) electrons. The number of nitrogens with one attached hydrogen (secondary N) is 1.